The normalized spacial score (nSPS) is 39.9. The smallest absolute Gasteiger partial charge is 0.160 e. The van der Waals surface area contributed by atoms with Gasteiger partial charge in [0.1, 0.15) is 0 Å². The summed E-state index contributed by atoms with van der Waals surface area (Å²) >= 11 is 0. The molecule has 0 N–H and O–H groups in total. The minimum Gasteiger partial charge on any atom is -0.373 e. The van der Waals surface area contributed by atoms with Gasteiger partial charge >= 0.3 is 0 Å². The van der Waals surface area contributed by atoms with Crippen LogP contribution in [0.5, 0.6) is 0 Å². The molecule has 2 saturated carbocycles. The summed E-state index contributed by atoms with van der Waals surface area (Å²) in [6.45, 7) is 8.39. The molecule has 1 heterocycles. The topological polar surface area (TPSA) is 20.3 Å². The van der Waals surface area contributed by atoms with Crippen molar-refractivity contribution < 1.29 is 4.79 Å². The molecule has 3 aliphatic rings. The summed E-state index contributed by atoms with van der Waals surface area (Å²) in [4.78, 5) is 14.5. The van der Waals surface area contributed by atoms with Crippen LogP contribution in [0.1, 0.15) is 65.7 Å². The first-order valence-electron chi connectivity index (χ1n) is 7.87. The van der Waals surface area contributed by atoms with Gasteiger partial charge in [0.2, 0.25) is 0 Å². The fourth-order valence-corrected chi connectivity index (χ4v) is 4.89. The Morgan fingerprint density at radius 2 is 1.89 bits per heavy atom. The van der Waals surface area contributed by atoms with E-state index in [0.29, 0.717) is 22.7 Å². The third-order valence-electron chi connectivity index (χ3n) is 5.24. The lowest BCUT2D eigenvalue weighted by molar-refractivity contribution is -0.116. The fraction of sp³-hybridized carbons (Fsp3) is 0.824. The average molecular weight is 261 g/mol. The molecule has 0 radical (unpaired) electrons. The molecule has 0 spiro atoms. The third kappa shape index (κ3) is 2.59. The summed E-state index contributed by atoms with van der Waals surface area (Å²) in [6, 6.07) is 0.663. The fourth-order valence-electron chi connectivity index (χ4n) is 4.89. The highest BCUT2D eigenvalue weighted by molar-refractivity contribution is 5.95. The van der Waals surface area contributed by atoms with Crippen LogP contribution >= 0.6 is 0 Å². The number of hydrogen-bond acceptors (Lipinski definition) is 2. The number of fused-ring (bicyclic) bond motifs is 2. The van der Waals surface area contributed by atoms with Crippen LogP contribution in [0.2, 0.25) is 0 Å². The maximum Gasteiger partial charge on any atom is 0.160 e. The van der Waals surface area contributed by atoms with E-state index in [4.69, 9.17) is 0 Å². The Hall–Kier alpha value is -0.790. The number of likely N-dealkylation sites (tertiary alicyclic amines) is 1. The molecular weight excluding hydrogens is 234 g/mol. The Morgan fingerprint density at radius 1 is 1.16 bits per heavy atom. The van der Waals surface area contributed by atoms with Gasteiger partial charge in [0, 0.05) is 30.8 Å². The highest BCUT2D eigenvalue weighted by atomic mass is 16.1. The van der Waals surface area contributed by atoms with Gasteiger partial charge in [0.15, 0.2) is 5.78 Å². The average Bonchev–Trinajstić information content (AvgIpc) is 2.51. The molecule has 0 aromatic heterocycles. The van der Waals surface area contributed by atoms with Crippen molar-refractivity contribution in [3.63, 3.8) is 0 Å². The van der Waals surface area contributed by atoms with Crippen molar-refractivity contribution >= 4 is 5.78 Å². The van der Waals surface area contributed by atoms with E-state index < -0.39 is 0 Å². The Morgan fingerprint density at radius 3 is 2.63 bits per heavy atom. The molecule has 2 aliphatic carbocycles. The summed E-state index contributed by atoms with van der Waals surface area (Å²) in [5.74, 6) is 0.400. The molecule has 0 aromatic carbocycles. The summed E-state index contributed by atoms with van der Waals surface area (Å²) in [6.07, 6.45) is 10.2. The molecule has 106 valence electrons. The highest BCUT2D eigenvalue weighted by Crippen LogP contribution is 2.52. The first-order valence-corrected chi connectivity index (χ1v) is 7.87. The van der Waals surface area contributed by atoms with Crippen molar-refractivity contribution in [1.82, 2.24) is 4.90 Å². The number of Topliss-reactive ketones (excluding diaryl/α,β-unsaturated/α-hetero) is 1. The largest absolute Gasteiger partial charge is 0.373 e. The third-order valence-corrected chi connectivity index (χ3v) is 5.24. The summed E-state index contributed by atoms with van der Waals surface area (Å²) in [5, 5.41) is 0. The first kappa shape index (κ1) is 13.2. The zero-order valence-electron chi connectivity index (χ0n) is 12.7. The SMILES string of the molecule is CC1(C)C[C@@H]2C[C@](C)(CN2C=C2CCCCC2=O)C1. The molecule has 0 amide bonds. The lowest BCUT2D eigenvalue weighted by Crippen LogP contribution is -2.33. The summed E-state index contributed by atoms with van der Waals surface area (Å²) < 4.78 is 0. The zero-order chi connectivity index (χ0) is 13.7. The predicted molar refractivity (Wildman–Crippen MR) is 77.8 cm³/mol. The van der Waals surface area contributed by atoms with Gasteiger partial charge in [-0.2, -0.15) is 0 Å². The maximum absolute atomic E-state index is 12.0. The van der Waals surface area contributed by atoms with Crippen LogP contribution < -0.4 is 0 Å². The zero-order valence-corrected chi connectivity index (χ0v) is 12.7. The number of allylic oxidation sites excluding steroid dienone is 1. The molecular formula is C17H27NO. The number of hydrogen-bond donors (Lipinski definition) is 0. The molecule has 1 saturated heterocycles. The van der Waals surface area contributed by atoms with E-state index in [-0.39, 0.29) is 0 Å². The minimum atomic E-state index is 0.400. The number of nitrogens with zero attached hydrogens (tertiary/aromatic N) is 1. The van der Waals surface area contributed by atoms with E-state index >= 15 is 0 Å². The van der Waals surface area contributed by atoms with Crippen LogP contribution in [0, 0.1) is 10.8 Å². The second-order valence-corrected chi connectivity index (χ2v) is 8.17. The Labute approximate surface area is 117 Å². The monoisotopic (exact) mass is 261 g/mol. The van der Waals surface area contributed by atoms with Crippen LogP contribution in [0.3, 0.4) is 0 Å². The van der Waals surface area contributed by atoms with Gasteiger partial charge in [-0.3, -0.25) is 4.79 Å². The van der Waals surface area contributed by atoms with Crippen molar-refractivity contribution in [1.29, 1.82) is 0 Å². The number of carbonyl (C=O) groups excluding carboxylic acids is 1. The van der Waals surface area contributed by atoms with Gasteiger partial charge in [0.05, 0.1) is 0 Å². The molecule has 0 unspecified atom stereocenters. The van der Waals surface area contributed by atoms with E-state index in [0.717, 1.165) is 31.4 Å². The summed E-state index contributed by atoms with van der Waals surface area (Å²) in [7, 11) is 0. The van der Waals surface area contributed by atoms with Gasteiger partial charge in [-0.1, -0.05) is 20.8 Å². The summed E-state index contributed by atoms with van der Waals surface area (Å²) in [5.41, 5.74) is 2.02. The van der Waals surface area contributed by atoms with Crippen molar-refractivity contribution in [3.05, 3.63) is 11.8 Å². The lowest BCUT2D eigenvalue weighted by atomic mass is 9.65. The second-order valence-electron chi connectivity index (χ2n) is 8.17. The van der Waals surface area contributed by atoms with E-state index in [1.165, 1.54) is 25.7 Å². The van der Waals surface area contributed by atoms with Crippen molar-refractivity contribution in [3.8, 4) is 0 Å². The quantitative estimate of drug-likeness (QED) is 0.667. The molecule has 3 fully saturated rings. The molecule has 2 heteroatoms. The molecule has 0 aromatic rings. The van der Waals surface area contributed by atoms with Crippen LogP contribution in [0.25, 0.3) is 0 Å². The Kier molecular flexibility index (Phi) is 3.03. The van der Waals surface area contributed by atoms with E-state index in [9.17, 15) is 4.79 Å². The van der Waals surface area contributed by atoms with Crippen LogP contribution in [-0.4, -0.2) is 23.3 Å². The van der Waals surface area contributed by atoms with Crippen molar-refractivity contribution in [2.45, 2.75) is 71.8 Å². The van der Waals surface area contributed by atoms with Gasteiger partial charge in [-0.25, -0.2) is 0 Å². The van der Waals surface area contributed by atoms with Crippen molar-refractivity contribution in [2.75, 3.05) is 6.54 Å². The number of rotatable bonds is 1. The van der Waals surface area contributed by atoms with Crippen molar-refractivity contribution in [2.24, 2.45) is 10.8 Å². The van der Waals surface area contributed by atoms with Crippen LogP contribution in [0.15, 0.2) is 11.8 Å². The molecule has 2 atom stereocenters. The minimum absolute atomic E-state index is 0.400. The van der Waals surface area contributed by atoms with Crippen LogP contribution in [-0.2, 0) is 4.79 Å². The van der Waals surface area contributed by atoms with E-state index in [2.05, 4.69) is 31.9 Å². The maximum atomic E-state index is 12.0. The van der Waals surface area contributed by atoms with Gasteiger partial charge in [0.25, 0.3) is 0 Å². The predicted octanol–water partition coefficient (Wildman–Crippen LogP) is 3.91. The molecule has 1 aliphatic heterocycles. The Balaban J connectivity index is 1.80. The molecule has 2 bridgehead atoms. The van der Waals surface area contributed by atoms with Crippen LogP contribution in [0.4, 0.5) is 0 Å². The second kappa shape index (κ2) is 4.36. The number of carbonyl (C=O) groups is 1. The molecule has 3 rings (SSSR count). The first-order chi connectivity index (χ1) is 8.87. The van der Waals surface area contributed by atoms with Gasteiger partial charge in [-0.15, -0.1) is 0 Å². The lowest BCUT2D eigenvalue weighted by Gasteiger charge is -2.39. The van der Waals surface area contributed by atoms with E-state index in [1.54, 1.807) is 0 Å². The highest BCUT2D eigenvalue weighted by Gasteiger charge is 2.48. The molecule has 19 heavy (non-hydrogen) atoms. The number of ketones is 1. The van der Waals surface area contributed by atoms with Gasteiger partial charge in [-0.05, 0) is 49.4 Å². The Bertz CT molecular complexity index is 423. The standard InChI is InChI=1S/C17H27NO/c1-16(2)8-14-9-17(3,11-16)12-18(14)10-13-6-4-5-7-15(13)19/h10,14H,4-9,11-12H2,1-3H3/t14-,17+/m1/s1. The van der Waals surface area contributed by atoms with Gasteiger partial charge < -0.3 is 4.90 Å². The molecule has 2 nitrogen and oxygen atoms in total. The van der Waals surface area contributed by atoms with E-state index in [1.807, 2.05) is 0 Å².